The number of esters is 1. The molecule has 1 heterocycles. The van der Waals surface area contributed by atoms with Crippen LogP contribution in [0.2, 0.25) is 5.02 Å². The molecule has 0 aliphatic carbocycles. The second-order valence-corrected chi connectivity index (χ2v) is 10.4. The van der Waals surface area contributed by atoms with Crippen molar-refractivity contribution in [3.8, 4) is 11.1 Å². The molecule has 0 amide bonds. The molecular formula is C25H24ClNO4S. The van der Waals surface area contributed by atoms with E-state index < -0.39 is 22.0 Å². The third-order valence-corrected chi connectivity index (χ3v) is 7.43. The van der Waals surface area contributed by atoms with Gasteiger partial charge in [0.1, 0.15) is 0 Å². The summed E-state index contributed by atoms with van der Waals surface area (Å²) in [7, 11) is -3.99. The fraction of sp³-hybridized carbons (Fsp3) is 0.240. The normalized spacial score (nSPS) is 15.2. The van der Waals surface area contributed by atoms with Gasteiger partial charge in [-0.1, -0.05) is 67.9 Å². The Morgan fingerprint density at radius 3 is 2.28 bits per heavy atom. The molecule has 1 aliphatic heterocycles. The van der Waals surface area contributed by atoms with E-state index in [9.17, 15) is 13.2 Å². The van der Waals surface area contributed by atoms with Crippen molar-refractivity contribution in [1.82, 2.24) is 0 Å². The standard InChI is InChI=1S/C25H24ClNO4S/c1-17(2)16-31-25(28)15-24-22-9-4-3-7-20(22)21-8-5-6-10-23(21)27(24)32(29,30)19-13-11-18(26)12-14-19/h3-14,17,24H,15-16H2,1-2H3. The first-order valence-electron chi connectivity index (χ1n) is 10.4. The van der Waals surface area contributed by atoms with Crippen LogP contribution in [0.25, 0.3) is 11.1 Å². The Hall–Kier alpha value is -2.83. The topological polar surface area (TPSA) is 63.7 Å². The van der Waals surface area contributed by atoms with Crippen molar-refractivity contribution in [2.75, 3.05) is 10.9 Å². The van der Waals surface area contributed by atoms with Gasteiger partial charge in [-0.2, -0.15) is 0 Å². The number of hydrogen-bond donors (Lipinski definition) is 0. The maximum atomic E-state index is 13.9. The Bertz CT molecular complexity index is 1240. The van der Waals surface area contributed by atoms with Crippen molar-refractivity contribution in [2.45, 2.75) is 31.2 Å². The van der Waals surface area contributed by atoms with Crippen LogP contribution in [-0.4, -0.2) is 21.0 Å². The lowest BCUT2D eigenvalue weighted by Crippen LogP contribution is -2.39. The quantitative estimate of drug-likeness (QED) is 0.425. The van der Waals surface area contributed by atoms with Gasteiger partial charge in [-0.05, 0) is 47.4 Å². The number of ether oxygens (including phenoxy) is 1. The van der Waals surface area contributed by atoms with E-state index in [1.165, 1.54) is 16.4 Å². The number of nitrogens with zero attached hydrogens (tertiary/aromatic N) is 1. The highest BCUT2D eigenvalue weighted by molar-refractivity contribution is 7.92. The first-order valence-corrected chi connectivity index (χ1v) is 12.2. The summed E-state index contributed by atoms with van der Waals surface area (Å²) >= 11 is 5.98. The molecular weight excluding hydrogens is 446 g/mol. The Morgan fingerprint density at radius 2 is 1.59 bits per heavy atom. The number of carbonyl (C=O) groups excluding carboxylic acids is 1. The Labute approximate surface area is 193 Å². The Balaban J connectivity index is 1.86. The predicted octanol–water partition coefficient (Wildman–Crippen LogP) is 5.85. The molecule has 32 heavy (non-hydrogen) atoms. The number of sulfonamides is 1. The largest absolute Gasteiger partial charge is 0.465 e. The van der Waals surface area contributed by atoms with Crippen LogP contribution in [0, 0.1) is 5.92 Å². The number of hydrogen-bond acceptors (Lipinski definition) is 4. The lowest BCUT2D eigenvalue weighted by Gasteiger charge is -2.38. The van der Waals surface area contributed by atoms with E-state index in [1.807, 2.05) is 50.2 Å². The molecule has 1 atom stereocenters. The fourth-order valence-corrected chi connectivity index (χ4v) is 5.68. The summed E-state index contributed by atoms with van der Waals surface area (Å²) in [5.41, 5.74) is 3.01. The minimum atomic E-state index is -3.99. The molecule has 4 rings (SSSR count). The highest BCUT2D eigenvalue weighted by atomic mass is 35.5. The van der Waals surface area contributed by atoms with Crippen molar-refractivity contribution >= 4 is 33.3 Å². The smallest absolute Gasteiger partial charge is 0.308 e. The van der Waals surface area contributed by atoms with Gasteiger partial charge in [0.2, 0.25) is 0 Å². The van der Waals surface area contributed by atoms with Crippen LogP contribution in [-0.2, 0) is 19.6 Å². The van der Waals surface area contributed by atoms with E-state index >= 15 is 0 Å². The molecule has 166 valence electrons. The van der Waals surface area contributed by atoms with Gasteiger partial charge in [0.25, 0.3) is 10.0 Å². The van der Waals surface area contributed by atoms with E-state index in [1.54, 1.807) is 24.3 Å². The molecule has 0 aromatic heterocycles. The van der Waals surface area contributed by atoms with Crippen LogP contribution in [0.3, 0.4) is 0 Å². The fourth-order valence-electron chi connectivity index (χ4n) is 3.91. The van der Waals surface area contributed by atoms with Crippen molar-refractivity contribution < 1.29 is 17.9 Å². The lowest BCUT2D eigenvalue weighted by atomic mass is 9.88. The highest BCUT2D eigenvalue weighted by Crippen LogP contribution is 2.48. The molecule has 1 aliphatic rings. The van der Waals surface area contributed by atoms with Gasteiger partial charge < -0.3 is 4.74 Å². The zero-order chi connectivity index (χ0) is 22.9. The van der Waals surface area contributed by atoms with Crippen LogP contribution in [0.1, 0.15) is 31.9 Å². The summed E-state index contributed by atoms with van der Waals surface area (Å²) in [6.45, 7) is 4.20. The summed E-state index contributed by atoms with van der Waals surface area (Å²) in [4.78, 5) is 12.8. The second kappa shape index (κ2) is 8.96. The predicted molar refractivity (Wildman–Crippen MR) is 126 cm³/mol. The van der Waals surface area contributed by atoms with Crippen LogP contribution in [0.5, 0.6) is 0 Å². The van der Waals surface area contributed by atoms with Gasteiger partial charge in [-0.3, -0.25) is 9.10 Å². The molecule has 3 aromatic carbocycles. The number of halogens is 1. The molecule has 3 aromatic rings. The third-order valence-electron chi connectivity index (χ3n) is 5.34. The lowest BCUT2D eigenvalue weighted by molar-refractivity contribution is -0.145. The van der Waals surface area contributed by atoms with Gasteiger partial charge in [0.15, 0.2) is 0 Å². The number of carbonyl (C=O) groups is 1. The molecule has 5 nitrogen and oxygen atoms in total. The van der Waals surface area contributed by atoms with Crippen molar-refractivity contribution in [1.29, 1.82) is 0 Å². The molecule has 0 spiro atoms. The van der Waals surface area contributed by atoms with Gasteiger partial charge in [-0.15, -0.1) is 0 Å². The zero-order valence-electron chi connectivity index (χ0n) is 17.9. The monoisotopic (exact) mass is 469 g/mol. The average molecular weight is 470 g/mol. The number of benzene rings is 3. The number of anilines is 1. The first-order chi connectivity index (χ1) is 15.3. The van der Waals surface area contributed by atoms with Crippen molar-refractivity contribution in [3.05, 3.63) is 83.4 Å². The molecule has 0 saturated heterocycles. The molecule has 1 unspecified atom stereocenters. The number of rotatable bonds is 6. The maximum absolute atomic E-state index is 13.9. The zero-order valence-corrected chi connectivity index (χ0v) is 19.4. The highest BCUT2D eigenvalue weighted by Gasteiger charge is 2.40. The summed E-state index contributed by atoms with van der Waals surface area (Å²) < 4.78 is 34.5. The minimum absolute atomic E-state index is 0.0924. The molecule has 0 radical (unpaired) electrons. The number of para-hydroxylation sites is 1. The molecule has 0 fully saturated rings. The van der Waals surface area contributed by atoms with Gasteiger partial charge in [0.05, 0.1) is 29.7 Å². The van der Waals surface area contributed by atoms with E-state index in [0.29, 0.717) is 10.7 Å². The SMILES string of the molecule is CC(C)COC(=O)CC1c2ccccc2-c2ccccc2N1S(=O)(=O)c1ccc(Cl)cc1. The maximum Gasteiger partial charge on any atom is 0.308 e. The molecule has 0 saturated carbocycles. The Morgan fingerprint density at radius 1 is 0.969 bits per heavy atom. The van der Waals surface area contributed by atoms with Gasteiger partial charge >= 0.3 is 5.97 Å². The average Bonchev–Trinajstić information content (AvgIpc) is 2.78. The van der Waals surface area contributed by atoms with Crippen LogP contribution >= 0.6 is 11.6 Å². The minimum Gasteiger partial charge on any atom is -0.465 e. The second-order valence-electron chi connectivity index (χ2n) is 8.16. The van der Waals surface area contributed by atoms with Crippen molar-refractivity contribution in [2.24, 2.45) is 5.92 Å². The molecule has 0 N–H and O–H groups in total. The molecule has 0 bridgehead atoms. The van der Waals surface area contributed by atoms with E-state index in [0.717, 1.165) is 16.7 Å². The Kier molecular flexibility index (Phi) is 6.26. The van der Waals surface area contributed by atoms with E-state index in [4.69, 9.17) is 16.3 Å². The summed E-state index contributed by atoms with van der Waals surface area (Å²) in [6, 6.07) is 20.2. The van der Waals surface area contributed by atoms with Gasteiger partial charge in [0, 0.05) is 10.6 Å². The summed E-state index contributed by atoms with van der Waals surface area (Å²) in [6.07, 6.45) is -0.0924. The van der Waals surface area contributed by atoms with E-state index in [2.05, 4.69) is 0 Å². The van der Waals surface area contributed by atoms with Crippen LogP contribution in [0.15, 0.2) is 77.7 Å². The number of fused-ring (bicyclic) bond motifs is 3. The van der Waals surface area contributed by atoms with E-state index in [-0.39, 0.29) is 23.8 Å². The summed E-state index contributed by atoms with van der Waals surface area (Å²) in [5, 5.41) is 0.446. The summed E-state index contributed by atoms with van der Waals surface area (Å²) in [5.74, 6) is -0.249. The third kappa shape index (κ3) is 4.25. The van der Waals surface area contributed by atoms with Crippen molar-refractivity contribution in [3.63, 3.8) is 0 Å². The van der Waals surface area contributed by atoms with Crippen LogP contribution in [0.4, 0.5) is 5.69 Å². The van der Waals surface area contributed by atoms with Crippen LogP contribution < -0.4 is 4.31 Å². The van der Waals surface area contributed by atoms with Gasteiger partial charge in [-0.25, -0.2) is 8.42 Å². The first kappa shape index (κ1) is 22.4. The molecule has 7 heteroatoms.